The minimum atomic E-state index is 0.259. The van der Waals surface area contributed by atoms with Gasteiger partial charge in [0.05, 0.1) is 12.2 Å². The smallest absolute Gasteiger partial charge is 0.0632 e. The number of hydrogen-bond donors (Lipinski definition) is 0. The molecule has 0 spiro atoms. The van der Waals surface area contributed by atoms with Crippen LogP contribution in [-0.2, 0) is 4.74 Å². The van der Waals surface area contributed by atoms with E-state index in [1.54, 1.807) is 0 Å². The fourth-order valence-corrected chi connectivity index (χ4v) is 10.0. The molecular formula is C33H56O. The first-order valence-corrected chi connectivity index (χ1v) is 14.8. The summed E-state index contributed by atoms with van der Waals surface area (Å²) in [5.41, 5.74) is 6.85. The van der Waals surface area contributed by atoms with Crippen LogP contribution in [-0.4, -0.2) is 12.2 Å². The molecule has 0 aliphatic heterocycles. The highest BCUT2D eigenvalue weighted by molar-refractivity contribution is 5.38. The van der Waals surface area contributed by atoms with Crippen LogP contribution in [0.25, 0.3) is 0 Å². The second-order valence-electron chi connectivity index (χ2n) is 14.7. The third kappa shape index (κ3) is 3.99. The summed E-state index contributed by atoms with van der Waals surface area (Å²) in [6.07, 6.45) is 16.7. The molecule has 7 atom stereocenters. The van der Waals surface area contributed by atoms with E-state index >= 15 is 0 Å². The highest BCUT2D eigenvalue weighted by atomic mass is 16.5. The summed E-state index contributed by atoms with van der Waals surface area (Å²) in [5, 5.41) is 0. The van der Waals surface area contributed by atoms with Crippen LogP contribution in [0.3, 0.4) is 0 Å². The number of ether oxygens (including phenoxy) is 1. The topological polar surface area (TPSA) is 9.23 Å². The average Bonchev–Trinajstić information content (AvgIpc) is 3.01. The molecule has 2 unspecified atom stereocenters. The van der Waals surface area contributed by atoms with Crippen molar-refractivity contribution in [3.63, 3.8) is 0 Å². The van der Waals surface area contributed by atoms with Crippen molar-refractivity contribution >= 4 is 0 Å². The summed E-state index contributed by atoms with van der Waals surface area (Å²) < 4.78 is 6.51. The molecule has 0 aromatic heterocycles. The maximum absolute atomic E-state index is 6.51. The molecule has 1 heteroatoms. The standard InChI is InChI=1S/C33H56O/c1-22(2)12-11-13-24(5)25-16-20-33(10)27-14-15-28-30(6,7)29(34-23(3)4)18-19-31(28,8)26(27)17-21-32(25,33)9/h12,23-25,28-29H,11,13-21H2,1-10H3/t24-,25-,28?,29?,31-,32-,33+/m1/s1. The highest BCUT2D eigenvalue weighted by Crippen LogP contribution is 2.72. The van der Waals surface area contributed by atoms with Crippen molar-refractivity contribution in [2.75, 3.05) is 0 Å². The number of rotatable bonds is 6. The Morgan fingerprint density at radius 2 is 1.62 bits per heavy atom. The molecule has 1 nitrogen and oxygen atoms in total. The lowest BCUT2D eigenvalue weighted by atomic mass is 9.43. The Kier molecular flexibility index (Phi) is 7.07. The lowest BCUT2D eigenvalue weighted by molar-refractivity contribution is -0.142. The van der Waals surface area contributed by atoms with Crippen LogP contribution in [0.4, 0.5) is 0 Å². The molecule has 0 aromatic carbocycles. The van der Waals surface area contributed by atoms with Gasteiger partial charge in [-0.2, -0.15) is 0 Å². The summed E-state index contributed by atoms with van der Waals surface area (Å²) in [7, 11) is 0. The van der Waals surface area contributed by atoms with Gasteiger partial charge >= 0.3 is 0 Å². The van der Waals surface area contributed by atoms with Gasteiger partial charge in [0, 0.05) is 0 Å². The van der Waals surface area contributed by atoms with E-state index in [0.29, 0.717) is 28.5 Å². The lowest BCUT2D eigenvalue weighted by Gasteiger charge is -2.62. The van der Waals surface area contributed by atoms with E-state index in [4.69, 9.17) is 4.74 Å². The van der Waals surface area contributed by atoms with Gasteiger partial charge in [-0.15, -0.1) is 0 Å². The van der Waals surface area contributed by atoms with Crippen LogP contribution >= 0.6 is 0 Å². The van der Waals surface area contributed by atoms with Gasteiger partial charge in [-0.25, -0.2) is 0 Å². The summed E-state index contributed by atoms with van der Waals surface area (Å²) in [5.74, 6) is 2.47. The van der Waals surface area contributed by atoms with Crippen LogP contribution in [0.1, 0.15) is 133 Å². The highest BCUT2D eigenvalue weighted by Gasteiger charge is 2.63. The van der Waals surface area contributed by atoms with E-state index in [9.17, 15) is 0 Å². The minimum Gasteiger partial charge on any atom is -0.375 e. The van der Waals surface area contributed by atoms with Gasteiger partial charge in [0.2, 0.25) is 0 Å². The Morgan fingerprint density at radius 1 is 0.912 bits per heavy atom. The predicted octanol–water partition coefficient (Wildman–Crippen LogP) is 9.91. The molecule has 2 saturated carbocycles. The third-order valence-electron chi connectivity index (χ3n) is 12.1. The van der Waals surface area contributed by atoms with E-state index in [-0.39, 0.29) is 5.41 Å². The molecule has 0 bridgehead atoms. The van der Waals surface area contributed by atoms with Crippen molar-refractivity contribution in [1.29, 1.82) is 0 Å². The maximum atomic E-state index is 6.51. The molecular weight excluding hydrogens is 412 g/mol. The van der Waals surface area contributed by atoms with Crippen molar-refractivity contribution in [2.45, 2.75) is 146 Å². The van der Waals surface area contributed by atoms with E-state index < -0.39 is 0 Å². The van der Waals surface area contributed by atoms with Gasteiger partial charge in [-0.05, 0) is 131 Å². The monoisotopic (exact) mass is 468 g/mol. The Balaban J connectivity index is 1.62. The maximum Gasteiger partial charge on any atom is 0.0632 e. The summed E-state index contributed by atoms with van der Waals surface area (Å²) >= 11 is 0. The van der Waals surface area contributed by atoms with Gasteiger partial charge in [0.1, 0.15) is 0 Å². The van der Waals surface area contributed by atoms with E-state index in [1.807, 2.05) is 11.1 Å². The SMILES string of the molecule is CC(C)=CCC[C@@H](C)[C@H]1CC[C@@]2(C)C3=C(CC[C@]12C)[C@@]1(C)CCC(OC(C)C)C(C)(C)C1CC3. The first kappa shape index (κ1) is 26.5. The van der Waals surface area contributed by atoms with Crippen LogP contribution < -0.4 is 0 Å². The fraction of sp³-hybridized carbons (Fsp3) is 0.879. The van der Waals surface area contributed by atoms with Gasteiger partial charge in [-0.1, -0.05) is 64.3 Å². The molecule has 4 rings (SSSR count). The van der Waals surface area contributed by atoms with Gasteiger partial charge < -0.3 is 4.74 Å². The average molecular weight is 469 g/mol. The zero-order chi connectivity index (χ0) is 25.1. The van der Waals surface area contributed by atoms with Crippen molar-refractivity contribution in [3.8, 4) is 0 Å². The van der Waals surface area contributed by atoms with E-state index in [2.05, 4.69) is 75.3 Å². The molecule has 0 aromatic rings. The van der Waals surface area contributed by atoms with Crippen LogP contribution in [0, 0.1) is 39.4 Å². The largest absolute Gasteiger partial charge is 0.375 e. The zero-order valence-corrected chi connectivity index (χ0v) is 24.4. The molecule has 4 aliphatic carbocycles. The molecule has 34 heavy (non-hydrogen) atoms. The van der Waals surface area contributed by atoms with Crippen LogP contribution in [0.15, 0.2) is 22.8 Å². The van der Waals surface area contributed by atoms with Crippen molar-refractivity contribution in [3.05, 3.63) is 22.8 Å². The summed E-state index contributed by atoms with van der Waals surface area (Å²) in [6.45, 7) is 24.6. The van der Waals surface area contributed by atoms with Crippen LogP contribution in [0.5, 0.6) is 0 Å². The lowest BCUT2D eigenvalue weighted by Crippen LogP contribution is -2.55. The molecule has 2 fully saturated rings. The Labute approximate surface area is 212 Å². The second kappa shape index (κ2) is 9.08. The Morgan fingerprint density at radius 3 is 2.26 bits per heavy atom. The molecule has 4 aliphatic rings. The molecule has 0 heterocycles. The Hall–Kier alpha value is -0.560. The zero-order valence-electron chi connectivity index (χ0n) is 24.4. The molecule has 0 amide bonds. The molecule has 0 N–H and O–H groups in total. The Bertz CT molecular complexity index is 825. The van der Waals surface area contributed by atoms with Gasteiger partial charge in [-0.3, -0.25) is 0 Å². The minimum absolute atomic E-state index is 0.259. The van der Waals surface area contributed by atoms with Crippen molar-refractivity contribution in [2.24, 2.45) is 39.4 Å². The molecule has 194 valence electrons. The third-order valence-corrected chi connectivity index (χ3v) is 12.1. The van der Waals surface area contributed by atoms with Gasteiger partial charge in [0.25, 0.3) is 0 Å². The summed E-state index contributed by atoms with van der Waals surface area (Å²) in [6, 6.07) is 0. The second-order valence-corrected chi connectivity index (χ2v) is 14.7. The quantitative estimate of drug-likeness (QED) is 0.352. The number of hydrogen-bond acceptors (Lipinski definition) is 1. The van der Waals surface area contributed by atoms with Crippen LogP contribution in [0.2, 0.25) is 0 Å². The van der Waals surface area contributed by atoms with E-state index in [0.717, 1.165) is 17.8 Å². The molecule has 0 radical (unpaired) electrons. The van der Waals surface area contributed by atoms with Crippen molar-refractivity contribution in [1.82, 2.24) is 0 Å². The predicted molar refractivity (Wildman–Crippen MR) is 147 cm³/mol. The van der Waals surface area contributed by atoms with Crippen molar-refractivity contribution < 1.29 is 4.74 Å². The number of fused-ring (bicyclic) bond motifs is 4. The molecule has 0 saturated heterocycles. The van der Waals surface area contributed by atoms with E-state index in [1.165, 1.54) is 69.8 Å². The number of allylic oxidation sites excluding steroid dienone is 4. The fourth-order valence-electron chi connectivity index (χ4n) is 10.0. The normalized spacial score (nSPS) is 42.1. The first-order chi connectivity index (χ1) is 15.8. The first-order valence-electron chi connectivity index (χ1n) is 14.8. The van der Waals surface area contributed by atoms with Gasteiger partial charge in [0.15, 0.2) is 0 Å². The summed E-state index contributed by atoms with van der Waals surface area (Å²) in [4.78, 5) is 0.